The van der Waals surface area contributed by atoms with Crippen LogP contribution in [0.1, 0.15) is 46.6 Å². The molecule has 1 amide bonds. The van der Waals surface area contributed by atoms with Gasteiger partial charge in [0.1, 0.15) is 5.75 Å². The van der Waals surface area contributed by atoms with Crippen molar-refractivity contribution in [2.45, 2.75) is 58.6 Å². The van der Waals surface area contributed by atoms with Crippen LogP contribution in [0, 0.1) is 5.92 Å². The van der Waals surface area contributed by atoms with Crippen molar-refractivity contribution in [1.29, 1.82) is 0 Å². The third-order valence-electron chi connectivity index (χ3n) is 4.74. The fraction of sp³-hybridized carbons (Fsp3) is 0.579. The average Bonchev–Trinajstić information content (AvgIpc) is 2.88. The molecule has 3 atom stereocenters. The van der Waals surface area contributed by atoms with Crippen LogP contribution >= 0.6 is 0 Å². The van der Waals surface area contributed by atoms with E-state index in [0.29, 0.717) is 18.7 Å². The van der Waals surface area contributed by atoms with Gasteiger partial charge in [-0.05, 0) is 43.4 Å². The van der Waals surface area contributed by atoms with Crippen LogP contribution < -0.4 is 4.74 Å². The average molecular weight is 333 g/mol. The van der Waals surface area contributed by atoms with Gasteiger partial charge < -0.3 is 14.7 Å². The van der Waals surface area contributed by atoms with Gasteiger partial charge in [0, 0.05) is 12.6 Å². The second-order valence-electron chi connectivity index (χ2n) is 7.54. The molecular weight excluding hydrogens is 306 g/mol. The second-order valence-corrected chi connectivity index (χ2v) is 7.54. The summed E-state index contributed by atoms with van der Waals surface area (Å²) in [5.74, 6) is -0.854. The number of carboxylic acids is 1. The third-order valence-corrected chi connectivity index (χ3v) is 4.74. The minimum absolute atomic E-state index is 0.0663. The van der Waals surface area contributed by atoms with Gasteiger partial charge in [-0.25, -0.2) is 0 Å². The number of likely N-dealkylation sites (tertiary alicyclic amines) is 1. The molecule has 1 aromatic rings. The van der Waals surface area contributed by atoms with Gasteiger partial charge in [-0.1, -0.05) is 32.9 Å². The molecule has 1 aromatic carbocycles. The number of carbonyl (C=O) groups excluding carboxylic acids is 1. The van der Waals surface area contributed by atoms with E-state index < -0.39 is 18.0 Å². The molecule has 1 fully saturated rings. The highest BCUT2D eigenvalue weighted by atomic mass is 16.5. The standard InChI is InChI=1S/C19H27NO4/c1-12-16(18(22)23)10-11-20(12)17(21)13(2)24-15-8-6-14(7-9-15)19(3,4)5/h6-9,12-13,16H,10-11H2,1-5H3,(H,22,23). The Hall–Kier alpha value is -2.04. The zero-order valence-electron chi connectivity index (χ0n) is 15.1. The summed E-state index contributed by atoms with van der Waals surface area (Å²) in [6.45, 7) is 10.4. The predicted octanol–water partition coefficient (Wildman–Crippen LogP) is 3.07. The van der Waals surface area contributed by atoms with E-state index in [-0.39, 0.29) is 17.4 Å². The van der Waals surface area contributed by atoms with Crippen LogP contribution in [0.5, 0.6) is 5.75 Å². The molecule has 5 heteroatoms. The molecule has 1 heterocycles. The summed E-state index contributed by atoms with van der Waals surface area (Å²) in [5, 5.41) is 9.18. The fourth-order valence-electron chi connectivity index (χ4n) is 3.10. The highest BCUT2D eigenvalue weighted by Gasteiger charge is 2.39. The lowest BCUT2D eigenvalue weighted by molar-refractivity contribution is -0.144. The molecule has 24 heavy (non-hydrogen) atoms. The highest BCUT2D eigenvalue weighted by Crippen LogP contribution is 2.27. The van der Waals surface area contributed by atoms with E-state index in [9.17, 15) is 14.7 Å². The monoisotopic (exact) mass is 333 g/mol. The van der Waals surface area contributed by atoms with E-state index in [1.165, 1.54) is 5.56 Å². The SMILES string of the molecule is CC(Oc1ccc(C(C)(C)C)cc1)C(=O)N1CCC(C(=O)O)C1C. The lowest BCUT2D eigenvalue weighted by atomic mass is 9.87. The number of hydrogen-bond acceptors (Lipinski definition) is 3. The topological polar surface area (TPSA) is 66.8 Å². The molecule has 132 valence electrons. The molecule has 1 aliphatic heterocycles. The smallest absolute Gasteiger partial charge is 0.308 e. The first-order valence-corrected chi connectivity index (χ1v) is 8.41. The van der Waals surface area contributed by atoms with Crippen molar-refractivity contribution in [3.8, 4) is 5.75 Å². The molecule has 0 spiro atoms. The first-order valence-electron chi connectivity index (χ1n) is 8.41. The number of hydrogen-bond donors (Lipinski definition) is 1. The largest absolute Gasteiger partial charge is 0.481 e. The van der Waals surface area contributed by atoms with Crippen LogP contribution in [-0.2, 0) is 15.0 Å². The molecule has 0 bridgehead atoms. The summed E-state index contributed by atoms with van der Waals surface area (Å²) < 4.78 is 5.76. The van der Waals surface area contributed by atoms with Gasteiger partial charge in [0.15, 0.2) is 6.10 Å². The van der Waals surface area contributed by atoms with Gasteiger partial charge in [-0.15, -0.1) is 0 Å². The lowest BCUT2D eigenvalue weighted by Gasteiger charge is -2.27. The Bertz CT molecular complexity index is 603. The predicted molar refractivity (Wildman–Crippen MR) is 92.1 cm³/mol. The van der Waals surface area contributed by atoms with Crippen LogP contribution in [0.3, 0.4) is 0 Å². The van der Waals surface area contributed by atoms with E-state index in [1.807, 2.05) is 24.3 Å². The van der Waals surface area contributed by atoms with Crippen LogP contribution in [0.2, 0.25) is 0 Å². The zero-order chi connectivity index (χ0) is 18.1. The molecule has 1 saturated heterocycles. The molecule has 0 saturated carbocycles. The van der Waals surface area contributed by atoms with Crippen molar-refractivity contribution in [1.82, 2.24) is 4.90 Å². The van der Waals surface area contributed by atoms with E-state index >= 15 is 0 Å². The lowest BCUT2D eigenvalue weighted by Crippen LogP contribution is -2.44. The molecule has 1 N–H and O–H groups in total. The van der Waals surface area contributed by atoms with Gasteiger partial charge in [-0.2, -0.15) is 0 Å². The quantitative estimate of drug-likeness (QED) is 0.919. The van der Waals surface area contributed by atoms with Crippen molar-refractivity contribution in [2.24, 2.45) is 5.92 Å². The van der Waals surface area contributed by atoms with Crippen molar-refractivity contribution in [3.63, 3.8) is 0 Å². The summed E-state index contributed by atoms with van der Waals surface area (Å²) in [4.78, 5) is 25.4. The van der Waals surface area contributed by atoms with Gasteiger partial charge >= 0.3 is 5.97 Å². The van der Waals surface area contributed by atoms with E-state index in [1.54, 1.807) is 18.7 Å². The number of carboxylic acid groups (broad SMARTS) is 1. The number of nitrogens with zero attached hydrogens (tertiary/aromatic N) is 1. The van der Waals surface area contributed by atoms with Gasteiger partial charge in [0.05, 0.1) is 5.92 Å². The molecule has 1 aliphatic rings. The Balaban J connectivity index is 2.01. The number of benzene rings is 1. The van der Waals surface area contributed by atoms with Crippen LogP contribution in [0.25, 0.3) is 0 Å². The zero-order valence-corrected chi connectivity index (χ0v) is 15.1. The van der Waals surface area contributed by atoms with E-state index in [0.717, 1.165) is 0 Å². The number of ether oxygens (including phenoxy) is 1. The molecule has 2 rings (SSSR count). The first-order chi connectivity index (χ1) is 11.1. The number of aliphatic carboxylic acids is 1. The Morgan fingerprint density at radius 1 is 1.25 bits per heavy atom. The first kappa shape index (κ1) is 18.3. The molecule has 5 nitrogen and oxygen atoms in total. The number of rotatable bonds is 4. The Kier molecular flexibility index (Phi) is 5.21. The van der Waals surface area contributed by atoms with Crippen molar-refractivity contribution < 1.29 is 19.4 Å². The summed E-state index contributed by atoms with van der Waals surface area (Å²) >= 11 is 0. The maximum absolute atomic E-state index is 12.6. The molecule has 0 radical (unpaired) electrons. The van der Waals surface area contributed by atoms with Crippen LogP contribution in [0.15, 0.2) is 24.3 Å². The molecular formula is C19H27NO4. The summed E-state index contributed by atoms with van der Waals surface area (Å²) in [6, 6.07) is 7.45. The summed E-state index contributed by atoms with van der Waals surface area (Å²) in [7, 11) is 0. The van der Waals surface area contributed by atoms with Crippen LogP contribution in [0.4, 0.5) is 0 Å². The molecule has 0 aliphatic carbocycles. The van der Waals surface area contributed by atoms with E-state index in [2.05, 4.69) is 20.8 Å². The maximum Gasteiger partial charge on any atom is 0.308 e. The highest BCUT2D eigenvalue weighted by molar-refractivity contribution is 5.83. The second kappa shape index (κ2) is 6.83. The normalized spacial score (nSPS) is 22.3. The van der Waals surface area contributed by atoms with Crippen molar-refractivity contribution >= 4 is 11.9 Å². The van der Waals surface area contributed by atoms with Crippen molar-refractivity contribution in [3.05, 3.63) is 29.8 Å². The number of amides is 1. The Labute approximate surface area is 143 Å². The number of carbonyl (C=O) groups is 2. The van der Waals surface area contributed by atoms with E-state index in [4.69, 9.17) is 4.74 Å². The van der Waals surface area contributed by atoms with Gasteiger partial charge in [-0.3, -0.25) is 9.59 Å². The van der Waals surface area contributed by atoms with Crippen LogP contribution in [-0.4, -0.2) is 40.6 Å². The Morgan fingerprint density at radius 3 is 2.29 bits per heavy atom. The summed E-state index contributed by atoms with van der Waals surface area (Å²) in [6.07, 6.45) is -0.143. The van der Waals surface area contributed by atoms with Crippen molar-refractivity contribution in [2.75, 3.05) is 6.54 Å². The molecule has 0 aromatic heterocycles. The van der Waals surface area contributed by atoms with Gasteiger partial charge in [0.2, 0.25) is 0 Å². The fourth-order valence-corrected chi connectivity index (χ4v) is 3.10. The Morgan fingerprint density at radius 2 is 1.83 bits per heavy atom. The minimum atomic E-state index is -0.843. The minimum Gasteiger partial charge on any atom is -0.481 e. The third kappa shape index (κ3) is 3.89. The molecule has 3 unspecified atom stereocenters. The summed E-state index contributed by atoms with van der Waals surface area (Å²) in [5.41, 5.74) is 1.27. The van der Waals surface area contributed by atoms with Gasteiger partial charge in [0.25, 0.3) is 5.91 Å². The maximum atomic E-state index is 12.6.